The summed E-state index contributed by atoms with van der Waals surface area (Å²) in [7, 11) is 0. The van der Waals surface area contributed by atoms with E-state index in [-0.39, 0.29) is 6.10 Å². The van der Waals surface area contributed by atoms with E-state index in [9.17, 15) is 0 Å². The van der Waals surface area contributed by atoms with Crippen LogP contribution < -0.4 is 10.1 Å². The van der Waals surface area contributed by atoms with E-state index in [1.54, 1.807) is 0 Å². The minimum atomic E-state index is 0.203. The smallest absolute Gasteiger partial charge is 0.133 e. The molecule has 4 bridgehead atoms. The SMILES string of the molecule is CC(C)Oc1ccc(CNC23CC4CC(C)(CC(C)(C4)C2)C3)cc1Br. The first-order chi connectivity index (χ1) is 11.7. The first-order valence-corrected chi connectivity index (χ1v) is 10.7. The molecule has 0 spiro atoms. The molecule has 4 aliphatic carbocycles. The van der Waals surface area contributed by atoms with Gasteiger partial charge in [0.15, 0.2) is 0 Å². The second-order valence-corrected chi connectivity index (χ2v) is 11.0. The van der Waals surface area contributed by atoms with Gasteiger partial charge in [-0.05, 0) is 103 Å². The molecule has 2 atom stereocenters. The monoisotopic (exact) mass is 405 g/mol. The molecule has 138 valence electrons. The Morgan fingerprint density at radius 3 is 2.36 bits per heavy atom. The number of halogens is 1. The van der Waals surface area contributed by atoms with Crippen LogP contribution in [-0.4, -0.2) is 11.6 Å². The Kier molecular flexibility index (Phi) is 4.28. The van der Waals surface area contributed by atoms with Crippen molar-refractivity contribution in [2.75, 3.05) is 0 Å². The Morgan fingerprint density at radius 1 is 1.12 bits per heavy atom. The van der Waals surface area contributed by atoms with Gasteiger partial charge in [-0.15, -0.1) is 0 Å². The summed E-state index contributed by atoms with van der Waals surface area (Å²) >= 11 is 3.67. The Balaban J connectivity index is 1.47. The third kappa shape index (κ3) is 3.51. The van der Waals surface area contributed by atoms with Crippen molar-refractivity contribution >= 4 is 15.9 Å². The molecule has 0 saturated heterocycles. The molecular formula is C22H32BrNO. The Labute approximate surface area is 161 Å². The van der Waals surface area contributed by atoms with Crippen LogP contribution in [0.2, 0.25) is 0 Å². The maximum atomic E-state index is 5.84. The average Bonchev–Trinajstić information content (AvgIpc) is 2.43. The molecule has 4 fully saturated rings. The minimum Gasteiger partial charge on any atom is -0.490 e. The summed E-state index contributed by atoms with van der Waals surface area (Å²) in [5, 5.41) is 4.02. The number of ether oxygens (including phenoxy) is 1. The van der Waals surface area contributed by atoms with E-state index in [0.29, 0.717) is 16.4 Å². The van der Waals surface area contributed by atoms with Crippen LogP contribution in [-0.2, 0) is 6.54 Å². The van der Waals surface area contributed by atoms with Gasteiger partial charge < -0.3 is 10.1 Å². The van der Waals surface area contributed by atoms with Gasteiger partial charge in [-0.2, -0.15) is 0 Å². The lowest BCUT2D eigenvalue weighted by Gasteiger charge is -2.65. The summed E-state index contributed by atoms with van der Waals surface area (Å²) < 4.78 is 6.90. The van der Waals surface area contributed by atoms with Crippen molar-refractivity contribution in [1.29, 1.82) is 0 Å². The number of rotatable bonds is 5. The fourth-order valence-electron chi connectivity index (χ4n) is 6.94. The van der Waals surface area contributed by atoms with Gasteiger partial charge in [0.05, 0.1) is 10.6 Å². The van der Waals surface area contributed by atoms with Crippen molar-refractivity contribution in [3.05, 3.63) is 28.2 Å². The Morgan fingerprint density at radius 2 is 1.80 bits per heavy atom. The van der Waals surface area contributed by atoms with E-state index in [4.69, 9.17) is 4.74 Å². The summed E-state index contributed by atoms with van der Waals surface area (Å²) in [6, 6.07) is 6.53. The van der Waals surface area contributed by atoms with Gasteiger partial charge in [0.2, 0.25) is 0 Å². The molecule has 1 aromatic rings. The van der Waals surface area contributed by atoms with Gasteiger partial charge in [0.25, 0.3) is 0 Å². The molecular weight excluding hydrogens is 374 g/mol. The van der Waals surface area contributed by atoms with Crippen LogP contribution in [0.4, 0.5) is 0 Å². The molecule has 1 N–H and O–H groups in total. The predicted molar refractivity (Wildman–Crippen MR) is 107 cm³/mol. The highest BCUT2D eigenvalue weighted by Gasteiger charge is 2.59. The number of hydrogen-bond acceptors (Lipinski definition) is 2. The number of benzene rings is 1. The minimum absolute atomic E-state index is 0.203. The van der Waals surface area contributed by atoms with Gasteiger partial charge in [-0.1, -0.05) is 19.9 Å². The van der Waals surface area contributed by atoms with Crippen LogP contribution >= 0.6 is 15.9 Å². The zero-order chi connectivity index (χ0) is 17.9. The summed E-state index contributed by atoms with van der Waals surface area (Å²) in [5.74, 6) is 1.88. The highest BCUT2D eigenvalue weighted by atomic mass is 79.9. The van der Waals surface area contributed by atoms with Crippen LogP contribution in [0.1, 0.15) is 71.8 Å². The first-order valence-electron chi connectivity index (χ1n) is 9.89. The van der Waals surface area contributed by atoms with Crippen LogP contribution in [0, 0.1) is 16.7 Å². The average molecular weight is 406 g/mol. The highest BCUT2D eigenvalue weighted by Crippen LogP contribution is 2.66. The molecule has 2 nitrogen and oxygen atoms in total. The normalized spacial score (nSPS) is 39.2. The maximum absolute atomic E-state index is 5.84. The lowest BCUT2D eigenvalue weighted by Crippen LogP contribution is -2.63. The van der Waals surface area contributed by atoms with Crippen molar-refractivity contribution < 1.29 is 4.74 Å². The number of nitrogens with one attached hydrogen (secondary N) is 1. The lowest BCUT2D eigenvalue weighted by molar-refractivity contribution is -0.118. The van der Waals surface area contributed by atoms with E-state index in [2.05, 4.69) is 67.1 Å². The van der Waals surface area contributed by atoms with Crippen molar-refractivity contribution in [3.63, 3.8) is 0 Å². The van der Waals surface area contributed by atoms with Crippen LogP contribution in [0.25, 0.3) is 0 Å². The molecule has 0 aliphatic heterocycles. The molecule has 0 radical (unpaired) electrons. The molecule has 0 amide bonds. The Hall–Kier alpha value is -0.540. The summed E-state index contributed by atoms with van der Waals surface area (Å²) in [6.45, 7) is 10.2. The standard InChI is InChI=1S/C22H32BrNO/c1-15(2)25-19-6-5-16(7-18(19)23)11-24-22-10-17-8-20(3,13-22)12-21(4,9-17)14-22/h5-7,15,17,24H,8-14H2,1-4H3. The molecule has 4 saturated carbocycles. The van der Waals surface area contributed by atoms with E-state index < -0.39 is 0 Å². The predicted octanol–water partition coefficient (Wildman–Crippen LogP) is 6.07. The third-order valence-electron chi connectivity index (χ3n) is 6.65. The fourth-order valence-corrected chi connectivity index (χ4v) is 7.46. The molecule has 5 rings (SSSR count). The summed E-state index contributed by atoms with van der Waals surface area (Å²) in [6.07, 6.45) is 8.66. The lowest BCUT2D eigenvalue weighted by atomic mass is 9.43. The van der Waals surface area contributed by atoms with E-state index in [1.807, 2.05) is 0 Å². The second-order valence-electron chi connectivity index (χ2n) is 10.2. The van der Waals surface area contributed by atoms with Gasteiger partial charge in [0.1, 0.15) is 5.75 Å². The van der Waals surface area contributed by atoms with Crippen molar-refractivity contribution in [2.45, 2.75) is 84.4 Å². The first kappa shape index (κ1) is 17.9. The largest absolute Gasteiger partial charge is 0.490 e. The molecule has 2 unspecified atom stereocenters. The molecule has 0 heterocycles. The highest BCUT2D eigenvalue weighted by molar-refractivity contribution is 9.10. The molecule has 1 aromatic carbocycles. The van der Waals surface area contributed by atoms with Gasteiger partial charge in [0, 0.05) is 12.1 Å². The summed E-state index contributed by atoms with van der Waals surface area (Å²) in [4.78, 5) is 0. The number of hydrogen-bond donors (Lipinski definition) is 1. The van der Waals surface area contributed by atoms with Crippen molar-refractivity contribution in [1.82, 2.24) is 5.32 Å². The topological polar surface area (TPSA) is 21.3 Å². The van der Waals surface area contributed by atoms with Crippen LogP contribution in [0.15, 0.2) is 22.7 Å². The van der Waals surface area contributed by atoms with Crippen molar-refractivity contribution in [3.8, 4) is 5.75 Å². The zero-order valence-corrected chi connectivity index (χ0v) is 17.7. The zero-order valence-electron chi connectivity index (χ0n) is 16.1. The van der Waals surface area contributed by atoms with Crippen LogP contribution in [0.3, 0.4) is 0 Å². The van der Waals surface area contributed by atoms with Gasteiger partial charge in [-0.25, -0.2) is 0 Å². The van der Waals surface area contributed by atoms with Crippen molar-refractivity contribution in [2.24, 2.45) is 16.7 Å². The van der Waals surface area contributed by atoms with E-state index >= 15 is 0 Å². The summed E-state index contributed by atoms with van der Waals surface area (Å²) in [5.41, 5.74) is 2.84. The van der Waals surface area contributed by atoms with Gasteiger partial charge >= 0.3 is 0 Å². The van der Waals surface area contributed by atoms with Crippen LogP contribution in [0.5, 0.6) is 5.75 Å². The fraction of sp³-hybridized carbons (Fsp3) is 0.727. The second kappa shape index (κ2) is 5.99. The third-order valence-corrected chi connectivity index (χ3v) is 7.27. The Bertz CT molecular complexity index is 652. The van der Waals surface area contributed by atoms with E-state index in [1.165, 1.54) is 44.1 Å². The molecule has 3 heteroatoms. The molecule has 25 heavy (non-hydrogen) atoms. The quantitative estimate of drug-likeness (QED) is 0.640. The molecule has 0 aromatic heterocycles. The van der Waals surface area contributed by atoms with Gasteiger partial charge in [-0.3, -0.25) is 0 Å². The molecule has 4 aliphatic rings. The maximum Gasteiger partial charge on any atom is 0.133 e. The van der Waals surface area contributed by atoms with E-state index in [0.717, 1.165) is 22.7 Å².